The molecule has 1 nitrogen and oxygen atoms in total. The van der Waals surface area contributed by atoms with Crippen LogP contribution in [0.15, 0.2) is 28.3 Å². The van der Waals surface area contributed by atoms with E-state index in [9.17, 15) is 0 Å². The molecule has 0 unspecified atom stereocenters. The number of rotatable bonds is 2. The van der Waals surface area contributed by atoms with Gasteiger partial charge in [-0.15, -0.1) is 0 Å². The van der Waals surface area contributed by atoms with E-state index >= 15 is 0 Å². The van der Waals surface area contributed by atoms with Gasteiger partial charge in [0.05, 0.1) is 5.70 Å². The van der Waals surface area contributed by atoms with Gasteiger partial charge in [-0.1, -0.05) is 18.5 Å². The summed E-state index contributed by atoms with van der Waals surface area (Å²) >= 11 is 0. The van der Waals surface area contributed by atoms with Crippen LogP contribution in [-0.4, -0.2) is 12.9 Å². The lowest BCUT2D eigenvalue weighted by atomic mass is 9.67. The van der Waals surface area contributed by atoms with Crippen LogP contribution in [0.1, 0.15) is 27.2 Å². The van der Waals surface area contributed by atoms with Crippen molar-refractivity contribution in [2.45, 2.75) is 27.2 Å². The van der Waals surface area contributed by atoms with Crippen LogP contribution >= 0.6 is 0 Å². The fourth-order valence-electron chi connectivity index (χ4n) is 1.10. The molecule has 2 heteroatoms. The fourth-order valence-corrected chi connectivity index (χ4v) is 1.10. The molecule has 1 aliphatic rings. The van der Waals surface area contributed by atoms with Crippen molar-refractivity contribution in [3.63, 3.8) is 0 Å². The zero-order valence-electron chi connectivity index (χ0n) is 7.39. The first-order valence-corrected chi connectivity index (χ1v) is 4.01. The minimum absolute atomic E-state index is 1.07. The summed E-state index contributed by atoms with van der Waals surface area (Å²) < 4.78 is 0. The second-order valence-electron chi connectivity index (χ2n) is 2.78. The van der Waals surface area contributed by atoms with E-state index in [1.165, 1.54) is 5.47 Å². The van der Waals surface area contributed by atoms with E-state index < -0.39 is 0 Å². The van der Waals surface area contributed by atoms with Crippen molar-refractivity contribution in [2.75, 3.05) is 0 Å². The quantitative estimate of drug-likeness (QED) is 0.530. The van der Waals surface area contributed by atoms with Crippen molar-refractivity contribution in [3.05, 3.63) is 23.3 Å². The van der Waals surface area contributed by atoms with Gasteiger partial charge in [0, 0.05) is 0 Å². The molecule has 0 aromatic heterocycles. The molecule has 0 bridgehead atoms. The van der Waals surface area contributed by atoms with Gasteiger partial charge >= 0.3 is 0 Å². The van der Waals surface area contributed by atoms with Crippen LogP contribution in [0.2, 0.25) is 0 Å². The largest absolute Gasteiger partial charge is 0.269 e. The summed E-state index contributed by atoms with van der Waals surface area (Å²) in [5, 5.41) is 0. The minimum Gasteiger partial charge on any atom is -0.269 e. The minimum atomic E-state index is 1.07. The predicted molar refractivity (Wildman–Crippen MR) is 51.0 cm³/mol. The van der Waals surface area contributed by atoms with E-state index in [0.29, 0.717) is 0 Å². The molecule has 0 aromatic rings. The van der Waals surface area contributed by atoms with Gasteiger partial charge in [0.2, 0.25) is 7.28 Å². The second-order valence-corrected chi connectivity index (χ2v) is 2.78. The SMILES string of the molecule is CC/C=C\C1=C(C)[B]C(C)=N1. The standard InChI is InChI=1S/C9H13BN/c1-4-5-6-9-7(2)10-8(3)11-9/h5-6H,4H2,1-3H3/b6-5-. The second kappa shape index (κ2) is 3.56. The summed E-state index contributed by atoms with van der Waals surface area (Å²) in [7, 11) is 2.11. The van der Waals surface area contributed by atoms with Gasteiger partial charge in [-0.25, -0.2) is 0 Å². The Hall–Kier alpha value is -0.785. The molecule has 1 radical (unpaired) electrons. The Morgan fingerprint density at radius 2 is 2.18 bits per heavy atom. The number of aliphatic imine (C=N–C) groups is 1. The lowest BCUT2D eigenvalue weighted by Gasteiger charge is -1.90. The summed E-state index contributed by atoms with van der Waals surface area (Å²) in [4.78, 5) is 4.36. The Labute approximate surface area is 69.2 Å². The third kappa shape index (κ3) is 2.07. The molecule has 11 heavy (non-hydrogen) atoms. The van der Waals surface area contributed by atoms with Gasteiger partial charge < -0.3 is 0 Å². The highest BCUT2D eigenvalue weighted by molar-refractivity contribution is 6.81. The molecule has 0 spiro atoms. The smallest absolute Gasteiger partial charge is 0.207 e. The summed E-state index contributed by atoms with van der Waals surface area (Å²) in [6, 6.07) is 0. The van der Waals surface area contributed by atoms with Crippen LogP contribution < -0.4 is 0 Å². The van der Waals surface area contributed by atoms with Crippen LogP contribution in [-0.2, 0) is 0 Å². The topological polar surface area (TPSA) is 12.4 Å². The average Bonchev–Trinajstić information content (AvgIpc) is 2.26. The van der Waals surface area contributed by atoms with Gasteiger partial charge in [0.15, 0.2) is 0 Å². The summed E-state index contributed by atoms with van der Waals surface area (Å²) in [6.07, 6.45) is 5.29. The molecule has 0 atom stereocenters. The van der Waals surface area contributed by atoms with E-state index in [2.05, 4.69) is 38.3 Å². The van der Waals surface area contributed by atoms with Crippen LogP contribution in [0, 0.1) is 0 Å². The zero-order valence-corrected chi connectivity index (χ0v) is 7.39. The first-order chi connectivity index (χ1) is 5.24. The maximum atomic E-state index is 4.36. The Morgan fingerprint density at radius 1 is 1.45 bits per heavy atom. The van der Waals surface area contributed by atoms with E-state index in [4.69, 9.17) is 0 Å². The molecule has 0 aliphatic carbocycles. The Balaban J connectivity index is 2.70. The van der Waals surface area contributed by atoms with Crippen molar-refractivity contribution in [1.29, 1.82) is 0 Å². The number of nitrogens with zero attached hydrogens (tertiary/aromatic N) is 1. The van der Waals surface area contributed by atoms with Gasteiger partial charge in [-0.3, -0.25) is 4.99 Å². The van der Waals surface area contributed by atoms with Gasteiger partial charge in [-0.05, 0) is 32.0 Å². The molecule has 1 heterocycles. The Bertz CT molecular complexity index is 236. The highest BCUT2D eigenvalue weighted by Crippen LogP contribution is 2.13. The summed E-state index contributed by atoms with van der Waals surface area (Å²) in [5.74, 6) is 0. The first-order valence-electron chi connectivity index (χ1n) is 4.01. The van der Waals surface area contributed by atoms with E-state index in [1.807, 2.05) is 6.92 Å². The highest BCUT2D eigenvalue weighted by Gasteiger charge is 2.09. The molecular formula is C9H13BN. The molecule has 0 saturated carbocycles. The predicted octanol–water partition coefficient (Wildman–Crippen LogP) is 2.32. The van der Waals surface area contributed by atoms with Crippen LogP contribution in [0.5, 0.6) is 0 Å². The van der Waals surface area contributed by atoms with Crippen LogP contribution in [0.25, 0.3) is 0 Å². The Kier molecular flexibility index (Phi) is 2.69. The molecule has 1 rings (SSSR count). The van der Waals surface area contributed by atoms with Crippen molar-refractivity contribution in [1.82, 2.24) is 0 Å². The van der Waals surface area contributed by atoms with Gasteiger partial charge in [0.25, 0.3) is 0 Å². The molecule has 57 valence electrons. The third-order valence-electron chi connectivity index (χ3n) is 1.64. The number of hydrogen-bond donors (Lipinski definition) is 0. The van der Waals surface area contributed by atoms with Gasteiger partial charge in [0.1, 0.15) is 0 Å². The fraction of sp³-hybridized carbons (Fsp3) is 0.444. The molecule has 1 aliphatic heterocycles. The molecule has 0 N–H and O–H groups in total. The zero-order chi connectivity index (χ0) is 8.27. The Morgan fingerprint density at radius 3 is 2.64 bits per heavy atom. The molecule has 0 fully saturated rings. The van der Waals surface area contributed by atoms with Crippen LogP contribution in [0.3, 0.4) is 0 Å². The van der Waals surface area contributed by atoms with Gasteiger partial charge in [-0.2, -0.15) is 0 Å². The van der Waals surface area contributed by atoms with E-state index in [1.54, 1.807) is 0 Å². The van der Waals surface area contributed by atoms with Crippen LogP contribution in [0.4, 0.5) is 0 Å². The van der Waals surface area contributed by atoms with E-state index in [0.717, 1.165) is 17.7 Å². The monoisotopic (exact) mass is 146 g/mol. The summed E-state index contributed by atoms with van der Waals surface area (Å²) in [6.45, 7) is 6.24. The molecule has 0 saturated heterocycles. The lowest BCUT2D eigenvalue weighted by Crippen LogP contribution is -1.98. The lowest BCUT2D eigenvalue weighted by molar-refractivity contribution is 1.21. The normalized spacial score (nSPS) is 17.5. The molecular weight excluding hydrogens is 133 g/mol. The first kappa shape index (κ1) is 8.31. The molecule has 0 aromatic carbocycles. The van der Waals surface area contributed by atoms with E-state index in [-0.39, 0.29) is 0 Å². The number of allylic oxidation sites excluding steroid dienone is 3. The van der Waals surface area contributed by atoms with Crippen molar-refractivity contribution >= 4 is 12.9 Å². The number of hydrogen-bond acceptors (Lipinski definition) is 1. The molecule has 0 amide bonds. The highest BCUT2D eigenvalue weighted by atomic mass is 14.8. The van der Waals surface area contributed by atoms with Crippen molar-refractivity contribution in [2.24, 2.45) is 4.99 Å². The van der Waals surface area contributed by atoms with Crippen molar-refractivity contribution < 1.29 is 0 Å². The third-order valence-corrected chi connectivity index (χ3v) is 1.64. The van der Waals surface area contributed by atoms with Crippen molar-refractivity contribution in [3.8, 4) is 0 Å². The maximum absolute atomic E-state index is 4.36. The summed E-state index contributed by atoms with van der Waals surface area (Å²) in [5.41, 5.74) is 3.50. The maximum Gasteiger partial charge on any atom is 0.207 e. The average molecular weight is 146 g/mol.